The molecule has 0 aliphatic carbocycles. The molecule has 0 radical (unpaired) electrons. The summed E-state index contributed by atoms with van der Waals surface area (Å²) in [5.74, 6) is 0.196. The molecule has 7 nitrogen and oxygen atoms in total. The monoisotopic (exact) mass is 405 g/mol. The topological polar surface area (TPSA) is 82.7 Å². The van der Waals surface area contributed by atoms with E-state index in [0.717, 1.165) is 16.5 Å². The number of H-pyrrole nitrogens is 1. The van der Waals surface area contributed by atoms with Crippen molar-refractivity contribution in [3.05, 3.63) is 36.0 Å². The van der Waals surface area contributed by atoms with Crippen LogP contribution in [0.25, 0.3) is 10.9 Å². The fraction of sp³-hybridized carbons (Fsp3) is 0.550. The third-order valence-corrected chi connectivity index (χ3v) is 7.84. The Labute approximate surface area is 165 Å². The van der Waals surface area contributed by atoms with Gasteiger partial charge in [-0.2, -0.15) is 4.31 Å². The minimum absolute atomic E-state index is 0.0180. The first-order valence-electron chi connectivity index (χ1n) is 9.89. The predicted octanol–water partition coefficient (Wildman–Crippen LogP) is 1.61. The Morgan fingerprint density at radius 1 is 1.29 bits per heavy atom. The molecule has 8 heteroatoms. The van der Waals surface area contributed by atoms with Crippen LogP contribution in [0.1, 0.15) is 18.9 Å². The highest BCUT2D eigenvalue weighted by Gasteiger charge is 2.40. The van der Waals surface area contributed by atoms with Gasteiger partial charge in [-0.15, -0.1) is 0 Å². The van der Waals surface area contributed by atoms with Crippen LogP contribution in [-0.4, -0.2) is 73.2 Å². The first kappa shape index (κ1) is 19.4. The van der Waals surface area contributed by atoms with Crippen molar-refractivity contribution in [2.75, 3.05) is 38.6 Å². The van der Waals surface area contributed by atoms with Crippen molar-refractivity contribution in [1.29, 1.82) is 0 Å². The van der Waals surface area contributed by atoms with E-state index in [9.17, 15) is 13.2 Å². The minimum atomic E-state index is -3.27. The lowest BCUT2D eigenvalue weighted by Gasteiger charge is -2.41. The van der Waals surface area contributed by atoms with Crippen LogP contribution in [0, 0.1) is 5.92 Å². The molecular formula is C20H27N3O4S. The van der Waals surface area contributed by atoms with Gasteiger partial charge in [0.15, 0.2) is 0 Å². The van der Waals surface area contributed by atoms with Gasteiger partial charge in [0.2, 0.25) is 15.9 Å². The summed E-state index contributed by atoms with van der Waals surface area (Å²) in [7, 11) is -3.27. The van der Waals surface area contributed by atoms with E-state index in [1.807, 2.05) is 35.4 Å². The Morgan fingerprint density at radius 2 is 2.11 bits per heavy atom. The standard InChI is InChI=1S/C20H27N3O4S/c1-2-28(25,26)23-9-10-27-14-16-13-22(8-7-19(16)23)20(24)11-15-12-21-18-6-4-3-5-17(15)18/h3-6,12,16,19,21H,2,7-11,13-14H2,1H3/t16-,19-/m1/s1. The molecule has 2 aliphatic rings. The second-order valence-corrected chi connectivity index (χ2v) is 9.79. The van der Waals surface area contributed by atoms with Crippen LogP contribution in [-0.2, 0) is 26.0 Å². The number of nitrogens with one attached hydrogen (secondary N) is 1. The molecule has 1 N–H and O–H groups in total. The number of carbonyl (C=O) groups is 1. The summed E-state index contributed by atoms with van der Waals surface area (Å²) in [5.41, 5.74) is 2.02. The van der Waals surface area contributed by atoms with E-state index in [4.69, 9.17) is 4.74 Å². The van der Waals surface area contributed by atoms with Crippen molar-refractivity contribution in [3.63, 3.8) is 0 Å². The zero-order valence-corrected chi connectivity index (χ0v) is 17.0. The van der Waals surface area contributed by atoms with Crippen LogP contribution in [0.15, 0.2) is 30.5 Å². The number of benzene rings is 1. The number of ether oxygens (including phenoxy) is 1. The number of sulfonamides is 1. The Balaban J connectivity index is 1.47. The normalized spacial score (nSPS) is 24.1. The number of piperidine rings is 1. The van der Waals surface area contributed by atoms with E-state index in [1.165, 1.54) is 0 Å². The van der Waals surface area contributed by atoms with Crippen molar-refractivity contribution in [2.24, 2.45) is 5.92 Å². The van der Waals surface area contributed by atoms with Gasteiger partial charge >= 0.3 is 0 Å². The Hall–Kier alpha value is -1.90. The largest absolute Gasteiger partial charge is 0.380 e. The molecule has 0 unspecified atom stereocenters. The molecule has 2 fully saturated rings. The van der Waals surface area contributed by atoms with Gasteiger partial charge in [0.05, 0.1) is 25.4 Å². The van der Waals surface area contributed by atoms with Gasteiger partial charge in [0, 0.05) is 48.7 Å². The summed E-state index contributed by atoms with van der Waals surface area (Å²) < 4.78 is 32.3. The zero-order chi connectivity index (χ0) is 19.7. The number of hydrogen-bond acceptors (Lipinski definition) is 4. The molecular weight excluding hydrogens is 378 g/mol. The molecule has 2 aliphatic heterocycles. The molecule has 28 heavy (non-hydrogen) atoms. The van der Waals surface area contributed by atoms with Crippen LogP contribution in [0.5, 0.6) is 0 Å². The third-order valence-electron chi connectivity index (χ3n) is 5.94. The predicted molar refractivity (Wildman–Crippen MR) is 107 cm³/mol. The van der Waals surface area contributed by atoms with Crippen LogP contribution >= 0.6 is 0 Å². The number of para-hydroxylation sites is 1. The number of fused-ring (bicyclic) bond motifs is 2. The third kappa shape index (κ3) is 3.68. The molecule has 1 amide bonds. The van der Waals surface area contributed by atoms with E-state index in [2.05, 4.69) is 4.98 Å². The van der Waals surface area contributed by atoms with Gasteiger partial charge in [-0.05, 0) is 25.0 Å². The highest BCUT2D eigenvalue weighted by atomic mass is 32.2. The van der Waals surface area contributed by atoms with Crippen molar-refractivity contribution < 1.29 is 17.9 Å². The Kier molecular flexibility index (Phi) is 5.44. The van der Waals surface area contributed by atoms with Crippen molar-refractivity contribution >= 4 is 26.8 Å². The molecule has 0 saturated carbocycles. The summed E-state index contributed by atoms with van der Waals surface area (Å²) in [6.45, 7) is 4.11. The van der Waals surface area contributed by atoms with E-state index >= 15 is 0 Å². The van der Waals surface area contributed by atoms with Gasteiger partial charge < -0.3 is 14.6 Å². The van der Waals surface area contributed by atoms with Gasteiger partial charge in [0.1, 0.15) is 0 Å². The Morgan fingerprint density at radius 3 is 2.93 bits per heavy atom. The number of likely N-dealkylation sites (tertiary alicyclic amines) is 1. The summed E-state index contributed by atoms with van der Waals surface area (Å²) >= 11 is 0. The van der Waals surface area contributed by atoms with Crippen LogP contribution < -0.4 is 0 Å². The number of aromatic nitrogens is 1. The van der Waals surface area contributed by atoms with Gasteiger partial charge in [-0.3, -0.25) is 4.79 Å². The summed E-state index contributed by atoms with van der Waals surface area (Å²) in [6, 6.07) is 7.89. The lowest BCUT2D eigenvalue weighted by Crippen LogP contribution is -2.54. The van der Waals surface area contributed by atoms with E-state index in [0.29, 0.717) is 45.7 Å². The number of rotatable bonds is 4. The molecule has 2 atom stereocenters. The lowest BCUT2D eigenvalue weighted by atomic mass is 9.92. The average molecular weight is 406 g/mol. The minimum Gasteiger partial charge on any atom is -0.380 e. The maximum Gasteiger partial charge on any atom is 0.227 e. The second-order valence-electron chi connectivity index (χ2n) is 7.58. The molecule has 2 saturated heterocycles. The fourth-order valence-corrected chi connectivity index (χ4v) is 5.78. The number of carbonyl (C=O) groups excluding carboxylic acids is 1. The Bertz CT molecular complexity index is 955. The molecule has 1 aromatic carbocycles. The first-order valence-corrected chi connectivity index (χ1v) is 11.5. The molecule has 4 rings (SSSR count). The first-order chi connectivity index (χ1) is 13.5. The van der Waals surface area contributed by atoms with Crippen LogP contribution in [0.3, 0.4) is 0 Å². The smallest absolute Gasteiger partial charge is 0.227 e. The van der Waals surface area contributed by atoms with Crippen LogP contribution in [0.4, 0.5) is 0 Å². The molecule has 152 valence electrons. The van der Waals surface area contributed by atoms with E-state index in [-0.39, 0.29) is 23.6 Å². The molecule has 0 spiro atoms. The summed E-state index contributed by atoms with van der Waals surface area (Å²) in [6.07, 6.45) is 2.91. The molecule has 2 aromatic rings. The number of aromatic amines is 1. The van der Waals surface area contributed by atoms with Gasteiger partial charge in [0.25, 0.3) is 0 Å². The van der Waals surface area contributed by atoms with Gasteiger partial charge in [-0.25, -0.2) is 8.42 Å². The van der Waals surface area contributed by atoms with Crippen LogP contribution in [0.2, 0.25) is 0 Å². The van der Waals surface area contributed by atoms with Crippen molar-refractivity contribution in [3.8, 4) is 0 Å². The number of hydrogen-bond donors (Lipinski definition) is 1. The molecule has 3 heterocycles. The zero-order valence-electron chi connectivity index (χ0n) is 16.1. The summed E-state index contributed by atoms with van der Waals surface area (Å²) in [5, 5.41) is 1.07. The number of nitrogens with zero attached hydrogens (tertiary/aromatic N) is 2. The van der Waals surface area contributed by atoms with Crippen molar-refractivity contribution in [1.82, 2.24) is 14.2 Å². The molecule has 0 bridgehead atoms. The van der Waals surface area contributed by atoms with E-state index in [1.54, 1.807) is 11.2 Å². The summed E-state index contributed by atoms with van der Waals surface area (Å²) in [4.78, 5) is 18.0. The maximum absolute atomic E-state index is 12.9. The van der Waals surface area contributed by atoms with E-state index < -0.39 is 10.0 Å². The highest BCUT2D eigenvalue weighted by Crippen LogP contribution is 2.28. The average Bonchev–Trinajstić information content (AvgIpc) is 2.97. The van der Waals surface area contributed by atoms with Gasteiger partial charge in [-0.1, -0.05) is 18.2 Å². The quantitative estimate of drug-likeness (QED) is 0.838. The lowest BCUT2D eigenvalue weighted by molar-refractivity contribution is -0.133. The number of amides is 1. The van der Waals surface area contributed by atoms with Crippen molar-refractivity contribution in [2.45, 2.75) is 25.8 Å². The fourth-order valence-electron chi connectivity index (χ4n) is 4.41. The highest BCUT2D eigenvalue weighted by molar-refractivity contribution is 7.89. The maximum atomic E-state index is 12.9. The second kappa shape index (κ2) is 7.85. The molecule has 1 aromatic heterocycles. The SMILES string of the molecule is CCS(=O)(=O)N1CCOC[C@H]2CN(C(=O)Cc3c[nH]c4ccccc34)CC[C@H]21.